The number of hydrogen-bond acceptors (Lipinski definition) is 12. The Morgan fingerprint density at radius 2 is 1.15 bits per heavy atom. The van der Waals surface area contributed by atoms with E-state index in [-0.39, 0.29) is 13.2 Å². The molecule has 0 spiro atoms. The van der Waals surface area contributed by atoms with Gasteiger partial charge in [-0.3, -0.25) is 19.2 Å². The van der Waals surface area contributed by atoms with E-state index in [0.717, 1.165) is 20.8 Å². The van der Waals surface area contributed by atoms with Crippen LogP contribution in [0, 0.1) is 0 Å². The van der Waals surface area contributed by atoms with Gasteiger partial charge in [0.05, 0.1) is 26.1 Å². The van der Waals surface area contributed by atoms with E-state index in [1.54, 1.807) is 0 Å². The summed E-state index contributed by atoms with van der Waals surface area (Å²) < 4.78 is 9.15. The second-order valence-corrected chi connectivity index (χ2v) is 7.00. The maximum atomic E-state index is 11.5. The number of hydrogen-bond donors (Lipinski definition) is 6. The number of carbonyl (C=O) groups excluding carboxylic acids is 4. The summed E-state index contributed by atoms with van der Waals surface area (Å²) in [5.41, 5.74) is -5.63. The molecule has 34 heavy (non-hydrogen) atoms. The highest BCUT2D eigenvalue weighted by molar-refractivity contribution is 6.10. The first-order chi connectivity index (χ1) is 15.4. The molecule has 194 valence electrons. The fourth-order valence-corrected chi connectivity index (χ4v) is 2.05. The van der Waals surface area contributed by atoms with Crippen molar-refractivity contribution >= 4 is 41.0 Å². The summed E-state index contributed by atoms with van der Waals surface area (Å²) in [6, 6.07) is 0. The van der Waals surface area contributed by atoms with Crippen molar-refractivity contribution in [2.45, 2.75) is 50.9 Å². The molecule has 0 heterocycles. The number of ketones is 4. The molecule has 15 nitrogen and oxygen atoms in total. The standard InChI is InChI=1S/C10H14O8.C9H14O7/c1-5(11)3-10(17,9(15)16)7(12)4-18-6(2)8(13)14;1-6(11)4-9(15,8(13)14)7(12)5-16-3-2-10/h6,17H,3-4H2,1-2H3,(H,13,14)(H,15,16);10,15H,2-5H2,1H3,(H,13,14)/t6-,10?;/m1./s1. The Hall–Kier alpha value is -3.11. The summed E-state index contributed by atoms with van der Waals surface area (Å²) in [4.78, 5) is 76.2. The van der Waals surface area contributed by atoms with E-state index in [9.17, 15) is 43.8 Å². The lowest BCUT2D eigenvalue weighted by atomic mass is 9.93. The summed E-state index contributed by atoms with van der Waals surface area (Å²) in [6.45, 7) is 1.16. The number of aliphatic hydroxyl groups is 3. The maximum absolute atomic E-state index is 11.5. The molecule has 0 aromatic heterocycles. The van der Waals surface area contributed by atoms with E-state index in [1.807, 2.05) is 0 Å². The first-order valence-electron chi connectivity index (χ1n) is 9.45. The SMILES string of the molecule is CC(=O)CC(O)(C(=O)O)C(=O)COCCO.CC(=O)CC(O)(C(=O)O)C(=O)CO[C@H](C)C(=O)O. The van der Waals surface area contributed by atoms with Gasteiger partial charge in [-0.05, 0) is 20.8 Å². The van der Waals surface area contributed by atoms with Gasteiger partial charge in [-0.2, -0.15) is 0 Å². The Bertz CT molecular complexity index is 789. The van der Waals surface area contributed by atoms with E-state index < -0.39 is 84.4 Å². The van der Waals surface area contributed by atoms with E-state index in [2.05, 4.69) is 9.47 Å². The van der Waals surface area contributed by atoms with Crippen LogP contribution in [0.25, 0.3) is 0 Å². The van der Waals surface area contributed by atoms with Gasteiger partial charge < -0.3 is 40.1 Å². The van der Waals surface area contributed by atoms with Crippen molar-refractivity contribution in [1.29, 1.82) is 0 Å². The number of rotatable bonds is 16. The third-order valence-corrected chi connectivity index (χ3v) is 3.92. The summed E-state index contributed by atoms with van der Waals surface area (Å²) in [5.74, 6) is -8.73. The second-order valence-electron chi connectivity index (χ2n) is 7.00. The van der Waals surface area contributed by atoms with Crippen LogP contribution in [-0.4, -0.2) is 115 Å². The Kier molecular flexibility index (Phi) is 14.5. The Balaban J connectivity index is 0. The molecule has 0 radical (unpaired) electrons. The van der Waals surface area contributed by atoms with Crippen LogP contribution < -0.4 is 0 Å². The number of carbonyl (C=O) groups is 7. The molecule has 0 aliphatic rings. The molecule has 0 saturated heterocycles. The molecule has 0 aromatic carbocycles. The number of carboxylic acid groups (broad SMARTS) is 3. The molecule has 0 aromatic rings. The average Bonchev–Trinajstić information content (AvgIpc) is 2.70. The second kappa shape index (κ2) is 14.9. The summed E-state index contributed by atoms with van der Waals surface area (Å²) in [5, 5.41) is 53.4. The van der Waals surface area contributed by atoms with Crippen molar-refractivity contribution in [2.75, 3.05) is 26.4 Å². The summed E-state index contributed by atoms with van der Waals surface area (Å²) in [6.07, 6.45) is -3.03. The van der Waals surface area contributed by atoms with Crippen LogP contribution in [-0.2, 0) is 43.0 Å². The number of aliphatic carboxylic acids is 3. The Labute approximate surface area is 192 Å². The molecule has 6 N–H and O–H groups in total. The lowest BCUT2D eigenvalue weighted by Crippen LogP contribution is -2.50. The first kappa shape index (κ1) is 33.1. The molecule has 0 saturated carbocycles. The highest BCUT2D eigenvalue weighted by Crippen LogP contribution is 2.14. The third-order valence-electron chi connectivity index (χ3n) is 3.92. The lowest BCUT2D eigenvalue weighted by molar-refractivity contribution is -0.171. The van der Waals surface area contributed by atoms with Crippen LogP contribution in [0.1, 0.15) is 33.6 Å². The van der Waals surface area contributed by atoms with Gasteiger partial charge in [0.1, 0.15) is 24.8 Å². The van der Waals surface area contributed by atoms with Crippen molar-refractivity contribution in [3.8, 4) is 0 Å². The number of Topliss-reactive ketones (excluding diaryl/α,β-unsaturated/α-hetero) is 4. The van der Waals surface area contributed by atoms with Crippen molar-refractivity contribution in [2.24, 2.45) is 0 Å². The van der Waals surface area contributed by atoms with Crippen molar-refractivity contribution < 1.29 is 73.7 Å². The minimum absolute atomic E-state index is 0.151. The molecule has 2 unspecified atom stereocenters. The summed E-state index contributed by atoms with van der Waals surface area (Å²) >= 11 is 0. The van der Waals surface area contributed by atoms with Gasteiger partial charge in [0.15, 0.2) is 6.10 Å². The van der Waals surface area contributed by atoms with Gasteiger partial charge in [-0.25, -0.2) is 14.4 Å². The van der Waals surface area contributed by atoms with Crippen LogP contribution in [0.4, 0.5) is 0 Å². The summed E-state index contributed by atoms with van der Waals surface area (Å²) in [7, 11) is 0. The Morgan fingerprint density at radius 1 is 0.765 bits per heavy atom. The minimum Gasteiger partial charge on any atom is -0.479 e. The highest BCUT2D eigenvalue weighted by Gasteiger charge is 2.45. The third kappa shape index (κ3) is 11.2. The molecule has 0 rings (SSSR count). The normalized spacial score (nSPS) is 14.9. The van der Waals surface area contributed by atoms with Crippen LogP contribution >= 0.6 is 0 Å². The van der Waals surface area contributed by atoms with E-state index in [1.165, 1.54) is 0 Å². The lowest BCUT2D eigenvalue weighted by Gasteiger charge is -2.20. The van der Waals surface area contributed by atoms with Gasteiger partial charge >= 0.3 is 17.9 Å². The van der Waals surface area contributed by atoms with E-state index in [0.29, 0.717) is 0 Å². The molecule has 0 amide bonds. The zero-order chi connectivity index (χ0) is 27.3. The van der Waals surface area contributed by atoms with Gasteiger partial charge in [-0.1, -0.05) is 0 Å². The molecular weight excluding hydrogens is 468 g/mol. The average molecular weight is 496 g/mol. The predicted octanol–water partition coefficient (Wildman–Crippen LogP) is -2.80. The van der Waals surface area contributed by atoms with E-state index in [4.69, 9.17) is 20.4 Å². The van der Waals surface area contributed by atoms with Crippen molar-refractivity contribution in [3.05, 3.63) is 0 Å². The van der Waals surface area contributed by atoms with Crippen LogP contribution in [0.3, 0.4) is 0 Å². The fourth-order valence-electron chi connectivity index (χ4n) is 2.05. The number of carboxylic acids is 3. The van der Waals surface area contributed by atoms with Crippen LogP contribution in [0.2, 0.25) is 0 Å². The maximum Gasteiger partial charge on any atom is 0.344 e. The smallest absolute Gasteiger partial charge is 0.344 e. The van der Waals surface area contributed by atoms with Crippen LogP contribution in [0.15, 0.2) is 0 Å². The molecule has 0 aliphatic heterocycles. The van der Waals surface area contributed by atoms with E-state index >= 15 is 0 Å². The predicted molar refractivity (Wildman–Crippen MR) is 107 cm³/mol. The fraction of sp³-hybridized carbons (Fsp3) is 0.632. The van der Waals surface area contributed by atoms with Crippen LogP contribution in [0.5, 0.6) is 0 Å². The monoisotopic (exact) mass is 496 g/mol. The first-order valence-corrected chi connectivity index (χ1v) is 9.45. The van der Waals surface area contributed by atoms with Gasteiger partial charge in [0.2, 0.25) is 22.8 Å². The number of aliphatic hydroxyl groups excluding tert-OH is 1. The molecule has 0 fully saturated rings. The quantitative estimate of drug-likeness (QED) is 0.0931. The Morgan fingerprint density at radius 3 is 1.44 bits per heavy atom. The topological polar surface area (TPSA) is 259 Å². The zero-order valence-electron chi connectivity index (χ0n) is 18.7. The number of ether oxygens (including phenoxy) is 2. The molecule has 15 heteroatoms. The van der Waals surface area contributed by atoms with Gasteiger partial charge in [-0.15, -0.1) is 0 Å². The molecule has 3 atom stereocenters. The molecular formula is C19H28O15. The largest absolute Gasteiger partial charge is 0.479 e. The van der Waals surface area contributed by atoms with Gasteiger partial charge in [0.25, 0.3) is 0 Å². The highest BCUT2D eigenvalue weighted by atomic mass is 16.5. The zero-order valence-corrected chi connectivity index (χ0v) is 18.7. The minimum atomic E-state index is -2.88. The van der Waals surface area contributed by atoms with Gasteiger partial charge in [0, 0.05) is 0 Å². The van der Waals surface area contributed by atoms with Crippen molar-refractivity contribution in [3.63, 3.8) is 0 Å². The molecule has 0 aliphatic carbocycles. The van der Waals surface area contributed by atoms with Crippen molar-refractivity contribution in [1.82, 2.24) is 0 Å². The molecule has 0 bridgehead atoms.